The SMILES string of the molecule is CCNC(=O)Nc1ccc2c(c1)CN(Cc1ccncc1F)CCO2. The third-order valence-electron chi connectivity index (χ3n) is 3.97. The summed E-state index contributed by atoms with van der Waals surface area (Å²) in [4.78, 5) is 17.6. The fraction of sp³-hybridized carbons (Fsp3) is 0.333. The third kappa shape index (κ3) is 4.45. The van der Waals surface area contributed by atoms with Gasteiger partial charge in [0, 0.05) is 49.2 Å². The number of fused-ring (bicyclic) bond motifs is 1. The predicted octanol–water partition coefficient (Wildman–Crippen LogP) is 2.76. The second kappa shape index (κ2) is 7.94. The maximum atomic E-state index is 13.8. The predicted molar refractivity (Wildman–Crippen MR) is 92.9 cm³/mol. The van der Waals surface area contributed by atoms with Crippen molar-refractivity contribution in [1.82, 2.24) is 15.2 Å². The molecule has 0 fully saturated rings. The lowest BCUT2D eigenvalue weighted by atomic mass is 10.1. The monoisotopic (exact) mass is 344 g/mol. The van der Waals surface area contributed by atoms with E-state index in [0.29, 0.717) is 44.0 Å². The molecule has 7 heteroatoms. The second-order valence-corrected chi connectivity index (χ2v) is 5.83. The van der Waals surface area contributed by atoms with Crippen LogP contribution in [0.5, 0.6) is 5.75 Å². The number of urea groups is 1. The Labute approximate surface area is 146 Å². The summed E-state index contributed by atoms with van der Waals surface area (Å²) >= 11 is 0. The lowest BCUT2D eigenvalue weighted by Crippen LogP contribution is -2.28. The summed E-state index contributed by atoms with van der Waals surface area (Å²) in [6, 6.07) is 7.01. The number of hydrogen-bond acceptors (Lipinski definition) is 4. The molecule has 0 bridgehead atoms. The molecule has 0 spiro atoms. The molecule has 3 rings (SSSR count). The van der Waals surface area contributed by atoms with Gasteiger partial charge in [0.25, 0.3) is 0 Å². The van der Waals surface area contributed by atoms with Crippen molar-refractivity contribution in [2.45, 2.75) is 20.0 Å². The first-order valence-electron chi connectivity index (χ1n) is 8.27. The first-order chi connectivity index (χ1) is 12.2. The third-order valence-corrected chi connectivity index (χ3v) is 3.97. The van der Waals surface area contributed by atoms with E-state index in [-0.39, 0.29) is 11.8 Å². The number of carbonyl (C=O) groups is 1. The van der Waals surface area contributed by atoms with E-state index in [9.17, 15) is 9.18 Å². The van der Waals surface area contributed by atoms with Gasteiger partial charge in [0.15, 0.2) is 0 Å². The highest BCUT2D eigenvalue weighted by Crippen LogP contribution is 2.27. The minimum Gasteiger partial charge on any atom is -0.492 e. The van der Waals surface area contributed by atoms with Crippen LogP contribution >= 0.6 is 0 Å². The Hall–Kier alpha value is -2.67. The van der Waals surface area contributed by atoms with E-state index in [1.807, 2.05) is 25.1 Å². The zero-order valence-corrected chi connectivity index (χ0v) is 14.1. The van der Waals surface area contributed by atoms with Crippen LogP contribution < -0.4 is 15.4 Å². The number of amides is 2. The number of halogens is 1. The van der Waals surface area contributed by atoms with Gasteiger partial charge in [-0.3, -0.25) is 9.88 Å². The summed E-state index contributed by atoms with van der Waals surface area (Å²) in [5.41, 5.74) is 2.27. The Morgan fingerprint density at radius 2 is 2.28 bits per heavy atom. The molecule has 2 aromatic rings. The summed E-state index contributed by atoms with van der Waals surface area (Å²) in [6.07, 6.45) is 2.82. The molecule has 1 aliphatic heterocycles. The number of pyridine rings is 1. The zero-order valence-electron chi connectivity index (χ0n) is 14.1. The van der Waals surface area contributed by atoms with Crippen LogP contribution in [0.1, 0.15) is 18.1 Å². The Kier molecular flexibility index (Phi) is 5.45. The first-order valence-corrected chi connectivity index (χ1v) is 8.27. The molecule has 1 aliphatic rings. The molecule has 0 atom stereocenters. The van der Waals surface area contributed by atoms with E-state index in [1.165, 1.54) is 6.20 Å². The van der Waals surface area contributed by atoms with Gasteiger partial charge in [-0.15, -0.1) is 0 Å². The Balaban J connectivity index is 1.74. The molecule has 1 aromatic carbocycles. The van der Waals surface area contributed by atoms with Crippen LogP contribution in [-0.2, 0) is 13.1 Å². The summed E-state index contributed by atoms with van der Waals surface area (Å²) in [5.74, 6) is 0.485. The van der Waals surface area contributed by atoms with Gasteiger partial charge in [0.05, 0.1) is 6.20 Å². The van der Waals surface area contributed by atoms with Crippen LogP contribution in [0.4, 0.5) is 14.9 Å². The van der Waals surface area contributed by atoms with Crippen molar-refractivity contribution in [3.05, 3.63) is 53.6 Å². The van der Waals surface area contributed by atoms with E-state index in [1.54, 1.807) is 12.3 Å². The average Bonchev–Trinajstić information content (AvgIpc) is 2.78. The molecule has 0 saturated heterocycles. The molecule has 2 N–H and O–H groups in total. The van der Waals surface area contributed by atoms with Crippen LogP contribution in [-0.4, -0.2) is 35.6 Å². The van der Waals surface area contributed by atoms with Crippen LogP contribution in [0.25, 0.3) is 0 Å². The molecule has 0 saturated carbocycles. The molecule has 6 nitrogen and oxygen atoms in total. The summed E-state index contributed by atoms with van der Waals surface area (Å²) in [6.45, 7) is 4.73. The zero-order chi connectivity index (χ0) is 17.6. The van der Waals surface area contributed by atoms with Crippen molar-refractivity contribution < 1.29 is 13.9 Å². The van der Waals surface area contributed by atoms with Crippen molar-refractivity contribution in [3.63, 3.8) is 0 Å². The molecule has 0 aliphatic carbocycles. The van der Waals surface area contributed by atoms with E-state index in [2.05, 4.69) is 20.5 Å². The van der Waals surface area contributed by atoms with Crippen LogP contribution in [0, 0.1) is 5.82 Å². The standard InChI is InChI=1S/C18H21FN4O2/c1-2-21-18(24)22-15-3-4-17-14(9-15)12-23(7-8-25-17)11-13-5-6-20-10-16(13)19/h3-6,9-10H,2,7-8,11-12H2,1H3,(H2,21,22,24). The highest BCUT2D eigenvalue weighted by Gasteiger charge is 2.17. The average molecular weight is 344 g/mol. The Morgan fingerprint density at radius 1 is 1.40 bits per heavy atom. The molecule has 1 aromatic heterocycles. The summed E-state index contributed by atoms with van der Waals surface area (Å²) in [7, 11) is 0. The Morgan fingerprint density at radius 3 is 3.08 bits per heavy atom. The maximum absolute atomic E-state index is 13.8. The molecule has 2 heterocycles. The van der Waals surface area contributed by atoms with Crippen molar-refractivity contribution in [1.29, 1.82) is 0 Å². The fourth-order valence-corrected chi connectivity index (χ4v) is 2.77. The van der Waals surface area contributed by atoms with Gasteiger partial charge in [-0.1, -0.05) is 0 Å². The van der Waals surface area contributed by atoms with E-state index < -0.39 is 0 Å². The number of hydrogen-bond donors (Lipinski definition) is 2. The van der Waals surface area contributed by atoms with Gasteiger partial charge in [-0.2, -0.15) is 0 Å². The van der Waals surface area contributed by atoms with Gasteiger partial charge in [0.1, 0.15) is 18.2 Å². The number of anilines is 1. The van der Waals surface area contributed by atoms with Crippen molar-refractivity contribution in [2.24, 2.45) is 0 Å². The van der Waals surface area contributed by atoms with Crippen molar-refractivity contribution >= 4 is 11.7 Å². The number of benzene rings is 1. The summed E-state index contributed by atoms with van der Waals surface area (Å²) in [5, 5.41) is 5.49. The number of carbonyl (C=O) groups excluding carboxylic acids is 1. The van der Waals surface area contributed by atoms with Crippen LogP contribution in [0.3, 0.4) is 0 Å². The van der Waals surface area contributed by atoms with Crippen LogP contribution in [0.15, 0.2) is 36.7 Å². The first kappa shape index (κ1) is 17.2. The second-order valence-electron chi connectivity index (χ2n) is 5.83. The highest BCUT2D eigenvalue weighted by molar-refractivity contribution is 5.89. The van der Waals surface area contributed by atoms with Crippen molar-refractivity contribution in [2.75, 3.05) is 25.0 Å². The fourth-order valence-electron chi connectivity index (χ4n) is 2.77. The van der Waals surface area contributed by atoms with Gasteiger partial charge >= 0.3 is 6.03 Å². The number of rotatable bonds is 4. The van der Waals surface area contributed by atoms with E-state index in [0.717, 1.165) is 11.3 Å². The van der Waals surface area contributed by atoms with Gasteiger partial charge in [-0.05, 0) is 31.2 Å². The largest absolute Gasteiger partial charge is 0.492 e. The summed E-state index contributed by atoms with van der Waals surface area (Å²) < 4.78 is 19.6. The molecular formula is C18H21FN4O2. The number of nitrogens with zero attached hydrogens (tertiary/aromatic N) is 2. The topological polar surface area (TPSA) is 66.5 Å². The number of ether oxygens (including phenoxy) is 1. The molecule has 25 heavy (non-hydrogen) atoms. The lowest BCUT2D eigenvalue weighted by Gasteiger charge is -2.19. The molecule has 2 amide bonds. The number of nitrogens with one attached hydrogen (secondary N) is 2. The van der Waals surface area contributed by atoms with Gasteiger partial charge in [0.2, 0.25) is 0 Å². The van der Waals surface area contributed by atoms with E-state index in [4.69, 9.17) is 4.74 Å². The van der Waals surface area contributed by atoms with Gasteiger partial charge in [-0.25, -0.2) is 9.18 Å². The van der Waals surface area contributed by atoms with E-state index >= 15 is 0 Å². The normalized spacial score (nSPS) is 14.2. The molecule has 0 radical (unpaired) electrons. The Bertz CT molecular complexity index is 754. The number of aromatic nitrogens is 1. The molecular weight excluding hydrogens is 323 g/mol. The van der Waals surface area contributed by atoms with Gasteiger partial charge < -0.3 is 15.4 Å². The highest BCUT2D eigenvalue weighted by atomic mass is 19.1. The lowest BCUT2D eigenvalue weighted by molar-refractivity contribution is 0.217. The maximum Gasteiger partial charge on any atom is 0.319 e. The smallest absolute Gasteiger partial charge is 0.319 e. The van der Waals surface area contributed by atoms with Crippen LogP contribution in [0.2, 0.25) is 0 Å². The van der Waals surface area contributed by atoms with Crippen molar-refractivity contribution in [3.8, 4) is 5.75 Å². The molecule has 132 valence electrons. The quantitative estimate of drug-likeness (QED) is 0.895. The minimum atomic E-state index is -0.306. The minimum absolute atomic E-state index is 0.243. The molecule has 0 unspecified atom stereocenters.